The van der Waals surface area contributed by atoms with Crippen LogP contribution in [-0.4, -0.2) is 25.8 Å². The second-order valence-electron chi connectivity index (χ2n) is 3.28. The van der Waals surface area contributed by atoms with E-state index < -0.39 is 0 Å². The predicted molar refractivity (Wildman–Crippen MR) is 54.8 cm³/mol. The van der Waals surface area contributed by atoms with Gasteiger partial charge in [-0.25, -0.2) is 0 Å². The summed E-state index contributed by atoms with van der Waals surface area (Å²) in [6.45, 7) is -0.0126. The molecule has 0 amide bonds. The summed E-state index contributed by atoms with van der Waals surface area (Å²) < 4.78 is 0. The number of rotatable bonds is 3. The summed E-state index contributed by atoms with van der Waals surface area (Å²) in [7, 11) is 3.97. The molecule has 0 aliphatic carbocycles. The van der Waals surface area contributed by atoms with Crippen LogP contribution < -0.4 is 10.6 Å². The van der Waals surface area contributed by atoms with E-state index in [-0.39, 0.29) is 12.6 Å². The zero-order valence-corrected chi connectivity index (χ0v) is 8.07. The second-order valence-corrected chi connectivity index (χ2v) is 3.28. The highest BCUT2D eigenvalue weighted by molar-refractivity contribution is 5.46. The van der Waals surface area contributed by atoms with Crippen molar-refractivity contribution in [3.63, 3.8) is 0 Å². The number of anilines is 1. The van der Waals surface area contributed by atoms with Crippen LogP contribution in [0.1, 0.15) is 11.6 Å². The smallest absolute Gasteiger partial charge is 0.0624 e. The van der Waals surface area contributed by atoms with E-state index in [2.05, 4.69) is 0 Å². The van der Waals surface area contributed by atoms with Crippen molar-refractivity contribution in [2.75, 3.05) is 25.6 Å². The molecule has 0 heterocycles. The lowest BCUT2D eigenvalue weighted by Gasteiger charge is -2.14. The third-order valence-corrected chi connectivity index (χ3v) is 2.03. The Balaban J connectivity index is 2.81. The van der Waals surface area contributed by atoms with Gasteiger partial charge in [-0.15, -0.1) is 0 Å². The Morgan fingerprint density at radius 3 is 2.23 bits per heavy atom. The van der Waals surface area contributed by atoms with E-state index >= 15 is 0 Å². The van der Waals surface area contributed by atoms with Crippen LogP contribution in [0.4, 0.5) is 5.69 Å². The molecule has 3 nitrogen and oxygen atoms in total. The highest BCUT2D eigenvalue weighted by atomic mass is 16.3. The maximum atomic E-state index is 8.83. The van der Waals surface area contributed by atoms with Crippen molar-refractivity contribution in [1.82, 2.24) is 0 Å². The molecule has 1 aromatic rings. The first-order chi connectivity index (χ1) is 6.15. The van der Waals surface area contributed by atoms with Crippen LogP contribution >= 0.6 is 0 Å². The Labute approximate surface area is 78.8 Å². The van der Waals surface area contributed by atoms with E-state index in [4.69, 9.17) is 10.8 Å². The van der Waals surface area contributed by atoms with Crippen LogP contribution in [0.5, 0.6) is 0 Å². The molecule has 1 rings (SSSR count). The van der Waals surface area contributed by atoms with Crippen LogP contribution in [0.3, 0.4) is 0 Å². The van der Waals surface area contributed by atoms with Gasteiger partial charge in [0.2, 0.25) is 0 Å². The minimum absolute atomic E-state index is 0.0126. The van der Waals surface area contributed by atoms with E-state index in [1.165, 1.54) is 0 Å². The molecule has 0 bridgehead atoms. The van der Waals surface area contributed by atoms with Gasteiger partial charge in [-0.05, 0) is 17.7 Å². The van der Waals surface area contributed by atoms with E-state index in [9.17, 15) is 0 Å². The van der Waals surface area contributed by atoms with Gasteiger partial charge in [0.05, 0.1) is 12.6 Å². The molecule has 0 saturated carbocycles. The molecule has 72 valence electrons. The van der Waals surface area contributed by atoms with Crippen LogP contribution in [0, 0.1) is 0 Å². The Kier molecular flexibility index (Phi) is 3.28. The minimum Gasteiger partial charge on any atom is -0.394 e. The lowest BCUT2D eigenvalue weighted by molar-refractivity contribution is 0.268. The standard InChI is InChI=1S/C10H16N2O/c1-12(2)9-5-3-8(4-6-9)10(11)7-13/h3-6,10,13H,7,11H2,1-2H3/t10-/m1/s1. The number of benzene rings is 1. The third kappa shape index (κ3) is 2.44. The van der Waals surface area contributed by atoms with Crippen LogP contribution in [-0.2, 0) is 0 Å². The maximum Gasteiger partial charge on any atom is 0.0624 e. The Bertz CT molecular complexity index is 256. The Morgan fingerprint density at radius 2 is 1.85 bits per heavy atom. The largest absolute Gasteiger partial charge is 0.394 e. The molecule has 0 saturated heterocycles. The summed E-state index contributed by atoms with van der Waals surface area (Å²) >= 11 is 0. The first-order valence-electron chi connectivity index (χ1n) is 4.29. The number of aliphatic hydroxyl groups is 1. The maximum absolute atomic E-state index is 8.83. The number of hydrogen-bond acceptors (Lipinski definition) is 3. The molecule has 1 atom stereocenters. The average molecular weight is 180 g/mol. The van der Waals surface area contributed by atoms with Gasteiger partial charge >= 0.3 is 0 Å². The lowest BCUT2D eigenvalue weighted by atomic mass is 10.1. The van der Waals surface area contributed by atoms with Crippen molar-refractivity contribution in [2.24, 2.45) is 5.73 Å². The summed E-state index contributed by atoms with van der Waals surface area (Å²) in [6.07, 6.45) is 0. The second kappa shape index (κ2) is 4.25. The fraction of sp³-hybridized carbons (Fsp3) is 0.400. The van der Waals surface area contributed by atoms with Crippen molar-refractivity contribution in [3.8, 4) is 0 Å². The molecule has 0 spiro atoms. The third-order valence-electron chi connectivity index (χ3n) is 2.03. The first-order valence-corrected chi connectivity index (χ1v) is 4.29. The van der Waals surface area contributed by atoms with Gasteiger partial charge in [0, 0.05) is 19.8 Å². The topological polar surface area (TPSA) is 49.5 Å². The molecule has 0 fully saturated rings. The van der Waals surface area contributed by atoms with Crippen molar-refractivity contribution in [1.29, 1.82) is 0 Å². The summed E-state index contributed by atoms with van der Waals surface area (Å²) in [5.41, 5.74) is 7.76. The van der Waals surface area contributed by atoms with E-state index in [0.29, 0.717) is 0 Å². The molecule has 13 heavy (non-hydrogen) atoms. The van der Waals surface area contributed by atoms with E-state index in [1.54, 1.807) is 0 Å². The molecule has 0 radical (unpaired) electrons. The fourth-order valence-electron chi connectivity index (χ4n) is 1.13. The van der Waals surface area contributed by atoms with Gasteiger partial charge in [0.15, 0.2) is 0 Å². The highest BCUT2D eigenvalue weighted by Crippen LogP contribution is 2.15. The predicted octanol–water partition coefficient (Wildman–Crippen LogP) is 0.745. The van der Waals surface area contributed by atoms with Crippen molar-refractivity contribution < 1.29 is 5.11 Å². The van der Waals surface area contributed by atoms with Gasteiger partial charge in [-0.1, -0.05) is 12.1 Å². The van der Waals surface area contributed by atoms with E-state index in [0.717, 1.165) is 11.3 Å². The first kappa shape index (κ1) is 10.0. The Morgan fingerprint density at radius 1 is 1.31 bits per heavy atom. The molecular formula is C10H16N2O. The molecule has 0 aliphatic rings. The van der Waals surface area contributed by atoms with Gasteiger partial charge in [0.25, 0.3) is 0 Å². The van der Waals surface area contributed by atoms with E-state index in [1.807, 2.05) is 43.3 Å². The van der Waals surface area contributed by atoms with Crippen LogP contribution in [0.25, 0.3) is 0 Å². The number of hydrogen-bond donors (Lipinski definition) is 2. The average Bonchev–Trinajstić information content (AvgIpc) is 2.17. The van der Waals surface area contributed by atoms with Crippen LogP contribution in [0.2, 0.25) is 0 Å². The van der Waals surface area contributed by atoms with Crippen LogP contribution in [0.15, 0.2) is 24.3 Å². The highest BCUT2D eigenvalue weighted by Gasteiger charge is 2.03. The number of aliphatic hydroxyl groups excluding tert-OH is 1. The summed E-state index contributed by atoms with van der Waals surface area (Å²) in [6, 6.07) is 7.60. The van der Waals surface area contributed by atoms with Gasteiger partial charge in [-0.3, -0.25) is 0 Å². The summed E-state index contributed by atoms with van der Waals surface area (Å²) in [5, 5.41) is 8.83. The fourth-order valence-corrected chi connectivity index (χ4v) is 1.13. The molecule has 0 unspecified atom stereocenters. The van der Waals surface area contributed by atoms with Crippen molar-refractivity contribution >= 4 is 5.69 Å². The SMILES string of the molecule is CN(C)c1ccc([C@H](N)CO)cc1. The zero-order chi connectivity index (χ0) is 9.84. The zero-order valence-electron chi connectivity index (χ0n) is 8.07. The summed E-state index contributed by atoms with van der Waals surface area (Å²) in [4.78, 5) is 2.02. The quantitative estimate of drug-likeness (QED) is 0.721. The number of nitrogens with zero attached hydrogens (tertiary/aromatic N) is 1. The van der Waals surface area contributed by atoms with Gasteiger partial charge in [0.1, 0.15) is 0 Å². The monoisotopic (exact) mass is 180 g/mol. The molecule has 1 aromatic carbocycles. The Hall–Kier alpha value is -1.06. The lowest BCUT2D eigenvalue weighted by Crippen LogP contribution is -2.15. The number of nitrogens with two attached hydrogens (primary N) is 1. The molecule has 3 heteroatoms. The minimum atomic E-state index is -0.267. The molecule has 3 N–H and O–H groups in total. The van der Waals surface area contributed by atoms with Gasteiger partial charge in [-0.2, -0.15) is 0 Å². The molecule has 0 aliphatic heterocycles. The van der Waals surface area contributed by atoms with Crippen molar-refractivity contribution in [2.45, 2.75) is 6.04 Å². The van der Waals surface area contributed by atoms with Gasteiger partial charge < -0.3 is 15.7 Å². The molecular weight excluding hydrogens is 164 g/mol. The normalized spacial score (nSPS) is 12.6. The van der Waals surface area contributed by atoms with Crippen molar-refractivity contribution in [3.05, 3.63) is 29.8 Å². The molecule has 0 aromatic heterocycles. The summed E-state index contributed by atoms with van der Waals surface area (Å²) in [5.74, 6) is 0.